The fourth-order valence-corrected chi connectivity index (χ4v) is 3.27. The van der Waals surface area contributed by atoms with Gasteiger partial charge in [0.25, 0.3) is 10.0 Å². The Balaban J connectivity index is 2.54. The molecule has 0 radical (unpaired) electrons. The van der Waals surface area contributed by atoms with E-state index in [-0.39, 0.29) is 4.90 Å². The summed E-state index contributed by atoms with van der Waals surface area (Å²) in [6.07, 6.45) is -0.777. The lowest BCUT2D eigenvalue weighted by Crippen LogP contribution is -2.39. The average Bonchev–Trinajstić information content (AvgIpc) is 2.44. The van der Waals surface area contributed by atoms with Crippen molar-refractivity contribution in [3.05, 3.63) is 28.7 Å². The predicted octanol–water partition coefficient (Wildman–Crippen LogP) is 1.71. The van der Waals surface area contributed by atoms with Crippen LogP contribution in [0.3, 0.4) is 0 Å². The van der Waals surface area contributed by atoms with Gasteiger partial charge in [-0.15, -0.1) is 0 Å². The van der Waals surface area contributed by atoms with Gasteiger partial charge in [0.15, 0.2) is 0 Å². The third-order valence-electron chi connectivity index (χ3n) is 2.68. The molecule has 0 atom stereocenters. The lowest BCUT2D eigenvalue weighted by molar-refractivity contribution is 0.0914. The number of rotatable bonds is 7. The van der Waals surface area contributed by atoms with Crippen LogP contribution >= 0.6 is 15.9 Å². The van der Waals surface area contributed by atoms with Crippen molar-refractivity contribution in [1.29, 1.82) is 0 Å². The van der Waals surface area contributed by atoms with Gasteiger partial charge in [0.2, 0.25) is 0 Å². The molecule has 124 valence electrons. The van der Waals surface area contributed by atoms with Gasteiger partial charge in [-0.1, -0.05) is 26.0 Å². The molecule has 0 aliphatic rings. The van der Waals surface area contributed by atoms with E-state index in [1.54, 1.807) is 18.2 Å². The molecular formula is C13H20BrN3O4S. The number of sulfonamides is 1. The first-order chi connectivity index (χ1) is 10.2. The Morgan fingerprint density at radius 1 is 1.36 bits per heavy atom. The molecule has 0 unspecified atom stereocenters. The fourth-order valence-electron chi connectivity index (χ4n) is 1.49. The minimum Gasteiger partial charge on any atom is -0.338 e. The van der Waals surface area contributed by atoms with E-state index < -0.39 is 16.1 Å². The summed E-state index contributed by atoms with van der Waals surface area (Å²) in [6.45, 7) is 4.96. The summed E-state index contributed by atoms with van der Waals surface area (Å²) in [5.41, 5.74) is 0. The third-order valence-corrected chi connectivity index (χ3v) is 4.87. The van der Waals surface area contributed by atoms with Crippen LogP contribution in [0.15, 0.2) is 33.6 Å². The number of amides is 1. The molecule has 0 heterocycles. The van der Waals surface area contributed by atoms with Crippen LogP contribution in [0.4, 0.5) is 4.79 Å². The van der Waals surface area contributed by atoms with Gasteiger partial charge in [0.05, 0.1) is 4.90 Å². The lowest BCUT2D eigenvalue weighted by Gasteiger charge is -2.18. The van der Waals surface area contributed by atoms with Gasteiger partial charge in [-0.05, 0) is 32.9 Å². The normalized spacial score (nSPS) is 11.5. The first kappa shape index (κ1) is 18.9. The van der Waals surface area contributed by atoms with E-state index in [1.165, 1.54) is 18.0 Å². The summed E-state index contributed by atoms with van der Waals surface area (Å²) in [5, 5.41) is 3.14. The Bertz CT molecular complexity index is 607. The monoisotopic (exact) mass is 393 g/mol. The molecule has 0 bridgehead atoms. The van der Waals surface area contributed by atoms with Crippen LogP contribution in [-0.2, 0) is 14.9 Å². The maximum absolute atomic E-state index is 12.0. The maximum atomic E-state index is 12.0. The Kier molecular flexibility index (Phi) is 7.27. The quantitative estimate of drug-likeness (QED) is 0.688. The second-order valence-electron chi connectivity index (χ2n) is 4.92. The van der Waals surface area contributed by atoms with E-state index in [1.807, 2.05) is 18.7 Å². The molecule has 0 saturated carbocycles. The maximum Gasteiger partial charge on any atom is 0.429 e. The van der Waals surface area contributed by atoms with Gasteiger partial charge in [-0.2, -0.15) is 0 Å². The molecule has 0 spiro atoms. The van der Waals surface area contributed by atoms with Crippen molar-refractivity contribution in [3.8, 4) is 0 Å². The standard InChI is InChI=1S/C13H20BrN3O4S/c1-10(2)15-8-9-17(3)13(18)21-16-22(19,20)12-7-5-4-6-11(12)14/h4-7,10,15-16H,8-9H2,1-3H3. The van der Waals surface area contributed by atoms with Gasteiger partial charge < -0.3 is 15.1 Å². The van der Waals surface area contributed by atoms with Gasteiger partial charge >= 0.3 is 6.09 Å². The summed E-state index contributed by atoms with van der Waals surface area (Å²) >= 11 is 3.14. The number of carbonyl (C=O) groups excluding carboxylic acids is 1. The molecule has 0 aliphatic heterocycles. The van der Waals surface area contributed by atoms with Crippen LogP contribution < -0.4 is 10.2 Å². The van der Waals surface area contributed by atoms with Crippen LogP contribution in [-0.4, -0.2) is 45.6 Å². The summed E-state index contributed by atoms with van der Waals surface area (Å²) in [6, 6.07) is 6.55. The van der Waals surface area contributed by atoms with Crippen LogP contribution in [0.2, 0.25) is 0 Å². The van der Waals surface area contributed by atoms with Crippen LogP contribution in [0.1, 0.15) is 13.8 Å². The minimum atomic E-state index is -3.94. The third kappa shape index (κ3) is 5.91. The Morgan fingerprint density at radius 3 is 2.59 bits per heavy atom. The van der Waals surface area contributed by atoms with Crippen molar-refractivity contribution < 1.29 is 18.0 Å². The summed E-state index contributed by atoms with van der Waals surface area (Å²) in [5.74, 6) is 0. The molecule has 0 aromatic heterocycles. The number of nitrogens with one attached hydrogen (secondary N) is 2. The fraction of sp³-hybridized carbons (Fsp3) is 0.462. The number of carbonyl (C=O) groups is 1. The molecule has 9 heteroatoms. The van der Waals surface area contributed by atoms with Crippen molar-refractivity contribution in [2.45, 2.75) is 24.8 Å². The zero-order valence-corrected chi connectivity index (χ0v) is 15.1. The molecule has 1 aromatic rings. The number of nitrogens with zero attached hydrogens (tertiary/aromatic N) is 1. The lowest BCUT2D eigenvalue weighted by atomic mass is 10.4. The predicted molar refractivity (Wildman–Crippen MR) is 86.7 cm³/mol. The van der Waals surface area contributed by atoms with E-state index in [0.717, 1.165) is 0 Å². The minimum absolute atomic E-state index is 0.00747. The molecule has 0 fully saturated rings. The first-order valence-corrected chi connectivity index (χ1v) is 8.93. The zero-order valence-electron chi connectivity index (χ0n) is 12.7. The second kappa shape index (κ2) is 8.47. The smallest absolute Gasteiger partial charge is 0.338 e. The van der Waals surface area contributed by atoms with Crippen molar-refractivity contribution in [2.75, 3.05) is 20.1 Å². The molecule has 22 heavy (non-hydrogen) atoms. The average molecular weight is 394 g/mol. The van der Waals surface area contributed by atoms with Crippen LogP contribution in [0, 0.1) is 0 Å². The van der Waals surface area contributed by atoms with Crippen molar-refractivity contribution in [2.24, 2.45) is 0 Å². The largest absolute Gasteiger partial charge is 0.429 e. The molecule has 0 aliphatic carbocycles. The van der Waals surface area contributed by atoms with Gasteiger partial charge in [0, 0.05) is 30.7 Å². The second-order valence-corrected chi connectivity index (χ2v) is 7.38. The molecule has 2 N–H and O–H groups in total. The molecule has 7 nitrogen and oxygen atoms in total. The highest BCUT2D eigenvalue weighted by Crippen LogP contribution is 2.20. The molecule has 1 amide bonds. The Morgan fingerprint density at radius 2 is 2.00 bits per heavy atom. The first-order valence-electron chi connectivity index (χ1n) is 6.65. The van der Waals surface area contributed by atoms with Gasteiger partial charge in [-0.3, -0.25) is 0 Å². The SMILES string of the molecule is CC(C)NCCN(C)C(=O)ONS(=O)(=O)c1ccccc1Br. The Labute approximate surface area is 139 Å². The summed E-state index contributed by atoms with van der Waals surface area (Å²) in [4.78, 5) is 19.4. The van der Waals surface area contributed by atoms with Crippen molar-refractivity contribution in [1.82, 2.24) is 15.1 Å². The Hall–Kier alpha value is -1.16. The number of hydrogen-bond acceptors (Lipinski definition) is 5. The van der Waals surface area contributed by atoms with Gasteiger partial charge in [0.1, 0.15) is 0 Å². The number of hydrogen-bond donors (Lipinski definition) is 2. The van der Waals surface area contributed by atoms with E-state index in [2.05, 4.69) is 26.1 Å². The molecule has 0 saturated heterocycles. The zero-order chi connectivity index (χ0) is 16.8. The number of benzene rings is 1. The molecule has 1 rings (SSSR count). The van der Waals surface area contributed by atoms with Crippen LogP contribution in [0.5, 0.6) is 0 Å². The molecule has 1 aromatic carbocycles. The van der Waals surface area contributed by atoms with Crippen LogP contribution in [0.25, 0.3) is 0 Å². The van der Waals surface area contributed by atoms with Gasteiger partial charge in [-0.25, -0.2) is 13.2 Å². The highest BCUT2D eigenvalue weighted by molar-refractivity contribution is 9.10. The highest BCUT2D eigenvalue weighted by atomic mass is 79.9. The van der Waals surface area contributed by atoms with E-state index >= 15 is 0 Å². The van der Waals surface area contributed by atoms with E-state index in [4.69, 9.17) is 0 Å². The number of likely N-dealkylation sites (N-methyl/N-ethyl adjacent to an activating group) is 1. The summed E-state index contributed by atoms with van der Waals surface area (Å²) in [7, 11) is -2.41. The topological polar surface area (TPSA) is 87.7 Å². The van der Waals surface area contributed by atoms with E-state index in [9.17, 15) is 13.2 Å². The van der Waals surface area contributed by atoms with E-state index in [0.29, 0.717) is 23.6 Å². The van der Waals surface area contributed by atoms with Crippen molar-refractivity contribution in [3.63, 3.8) is 0 Å². The number of halogens is 1. The highest BCUT2D eigenvalue weighted by Gasteiger charge is 2.20. The summed E-state index contributed by atoms with van der Waals surface area (Å²) < 4.78 is 24.5. The van der Waals surface area contributed by atoms with Crippen molar-refractivity contribution >= 4 is 32.0 Å². The molecular weight excluding hydrogens is 374 g/mol.